The summed E-state index contributed by atoms with van der Waals surface area (Å²) < 4.78 is 1.27. The number of nitrogens with two attached hydrogens (primary N) is 1. The van der Waals surface area contributed by atoms with E-state index in [4.69, 9.17) is 5.84 Å². The summed E-state index contributed by atoms with van der Waals surface area (Å²) in [6, 6.07) is 10.1. The molecule has 1 aromatic carbocycles. The molecule has 4 N–H and O–H groups in total. The number of hydrogen-bond acceptors (Lipinski definition) is 6. The second kappa shape index (κ2) is 4.83. The summed E-state index contributed by atoms with van der Waals surface area (Å²) in [4.78, 5) is 8.48. The Balaban J connectivity index is 1.93. The van der Waals surface area contributed by atoms with Gasteiger partial charge in [0, 0.05) is 16.5 Å². The summed E-state index contributed by atoms with van der Waals surface area (Å²) >= 11 is 1.73. The Kier molecular flexibility index (Phi) is 3.02. The predicted molar refractivity (Wildman–Crippen MR) is 79.7 cm³/mol. The molecular formula is C13H13N5S. The van der Waals surface area contributed by atoms with E-state index in [0.717, 1.165) is 11.5 Å². The molecule has 3 aromatic rings. The lowest BCUT2D eigenvalue weighted by molar-refractivity contribution is 1.05. The maximum atomic E-state index is 5.37. The summed E-state index contributed by atoms with van der Waals surface area (Å²) in [5.74, 6) is 7.34. The molecule has 0 amide bonds. The van der Waals surface area contributed by atoms with E-state index in [1.165, 1.54) is 10.1 Å². The van der Waals surface area contributed by atoms with Gasteiger partial charge in [-0.15, -0.1) is 11.3 Å². The first kappa shape index (κ1) is 11.9. The highest BCUT2D eigenvalue weighted by atomic mass is 32.1. The van der Waals surface area contributed by atoms with E-state index >= 15 is 0 Å². The Labute approximate surface area is 114 Å². The standard InChI is InChI=1S/C13H13N5S/c1-8-15-12(7-13(16-8)18-14)17-10-2-3-11-9(6-10)4-5-19-11/h2-7H,14H2,1H3,(H2,15,16,17,18). The minimum atomic E-state index is 0.589. The van der Waals surface area contributed by atoms with Crippen molar-refractivity contribution in [1.29, 1.82) is 0 Å². The number of hydrazine groups is 1. The monoisotopic (exact) mass is 271 g/mol. The Morgan fingerprint density at radius 3 is 2.79 bits per heavy atom. The molecule has 0 fully saturated rings. The van der Waals surface area contributed by atoms with Crippen molar-refractivity contribution in [3.63, 3.8) is 0 Å². The van der Waals surface area contributed by atoms with Crippen molar-refractivity contribution in [3.05, 3.63) is 41.5 Å². The van der Waals surface area contributed by atoms with Crippen LogP contribution in [0.5, 0.6) is 0 Å². The molecule has 5 nitrogen and oxygen atoms in total. The van der Waals surface area contributed by atoms with Crippen molar-refractivity contribution in [2.24, 2.45) is 5.84 Å². The number of aromatic nitrogens is 2. The topological polar surface area (TPSA) is 75.9 Å². The lowest BCUT2D eigenvalue weighted by Crippen LogP contribution is -2.10. The molecule has 0 saturated carbocycles. The van der Waals surface area contributed by atoms with E-state index in [2.05, 4.69) is 44.3 Å². The van der Waals surface area contributed by atoms with E-state index in [0.29, 0.717) is 11.6 Å². The van der Waals surface area contributed by atoms with Gasteiger partial charge in [0.05, 0.1) is 0 Å². The minimum Gasteiger partial charge on any atom is -0.340 e. The van der Waals surface area contributed by atoms with Crippen molar-refractivity contribution >= 4 is 38.7 Å². The number of rotatable bonds is 3. The number of fused-ring (bicyclic) bond motifs is 1. The second-order valence-electron chi connectivity index (χ2n) is 4.13. The van der Waals surface area contributed by atoms with Crippen molar-refractivity contribution in [2.45, 2.75) is 6.92 Å². The molecule has 0 spiro atoms. The van der Waals surface area contributed by atoms with Crippen LogP contribution in [0.25, 0.3) is 10.1 Å². The molecule has 0 aliphatic rings. The molecule has 0 aliphatic heterocycles. The van der Waals surface area contributed by atoms with Crippen LogP contribution in [0, 0.1) is 6.92 Å². The van der Waals surface area contributed by atoms with Gasteiger partial charge in [0.2, 0.25) is 0 Å². The van der Waals surface area contributed by atoms with Crippen LogP contribution in [-0.4, -0.2) is 9.97 Å². The maximum absolute atomic E-state index is 5.37. The van der Waals surface area contributed by atoms with Gasteiger partial charge < -0.3 is 10.7 Å². The molecule has 0 aliphatic carbocycles. The van der Waals surface area contributed by atoms with Crippen LogP contribution in [0.4, 0.5) is 17.3 Å². The Morgan fingerprint density at radius 2 is 1.95 bits per heavy atom. The molecule has 2 aromatic heterocycles. The molecule has 3 rings (SSSR count). The molecule has 2 heterocycles. The van der Waals surface area contributed by atoms with Gasteiger partial charge >= 0.3 is 0 Å². The number of aryl methyl sites for hydroxylation is 1. The SMILES string of the molecule is Cc1nc(NN)cc(Nc2ccc3sccc3c2)n1. The minimum absolute atomic E-state index is 0.589. The highest BCUT2D eigenvalue weighted by molar-refractivity contribution is 7.17. The van der Waals surface area contributed by atoms with Gasteiger partial charge in [-0.25, -0.2) is 15.8 Å². The van der Waals surface area contributed by atoms with Crippen LogP contribution < -0.4 is 16.6 Å². The molecule has 19 heavy (non-hydrogen) atoms. The average molecular weight is 271 g/mol. The van der Waals surface area contributed by atoms with Gasteiger partial charge in [-0.3, -0.25) is 0 Å². The summed E-state index contributed by atoms with van der Waals surface area (Å²) in [6.45, 7) is 1.83. The van der Waals surface area contributed by atoms with E-state index < -0.39 is 0 Å². The van der Waals surface area contributed by atoms with Crippen molar-refractivity contribution in [2.75, 3.05) is 10.7 Å². The molecule has 0 bridgehead atoms. The Bertz CT molecular complexity index is 722. The lowest BCUT2D eigenvalue weighted by Gasteiger charge is -2.08. The van der Waals surface area contributed by atoms with Gasteiger partial charge in [0.25, 0.3) is 0 Å². The number of nitrogens with one attached hydrogen (secondary N) is 2. The maximum Gasteiger partial charge on any atom is 0.145 e. The van der Waals surface area contributed by atoms with E-state index in [-0.39, 0.29) is 0 Å². The first-order valence-electron chi connectivity index (χ1n) is 5.81. The van der Waals surface area contributed by atoms with Crippen LogP contribution in [0.3, 0.4) is 0 Å². The highest BCUT2D eigenvalue weighted by Crippen LogP contribution is 2.25. The van der Waals surface area contributed by atoms with E-state index in [1.807, 2.05) is 13.0 Å². The molecule has 0 atom stereocenters. The quantitative estimate of drug-likeness (QED) is 0.504. The number of nitrogen functional groups attached to an aromatic ring is 1. The number of nitrogens with zero attached hydrogens (tertiary/aromatic N) is 2. The third kappa shape index (κ3) is 2.49. The smallest absolute Gasteiger partial charge is 0.145 e. The fourth-order valence-electron chi connectivity index (χ4n) is 1.90. The molecule has 0 unspecified atom stereocenters. The fourth-order valence-corrected chi connectivity index (χ4v) is 2.67. The zero-order chi connectivity index (χ0) is 13.2. The Morgan fingerprint density at radius 1 is 1.11 bits per heavy atom. The first-order valence-corrected chi connectivity index (χ1v) is 6.69. The molecular weight excluding hydrogens is 258 g/mol. The van der Waals surface area contributed by atoms with E-state index in [1.54, 1.807) is 17.4 Å². The van der Waals surface area contributed by atoms with Crippen LogP contribution in [-0.2, 0) is 0 Å². The summed E-state index contributed by atoms with van der Waals surface area (Å²) in [7, 11) is 0. The molecule has 0 saturated heterocycles. The van der Waals surface area contributed by atoms with Crippen LogP contribution >= 0.6 is 11.3 Å². The summed E-state index contributed by atoms with van der Waals surface area (Å²) in [5.41, 5.74) is 3.52. The second-order valence-corrected chi connectivity index (χ2v) is 5.08. The van der Waals surface area contributed by atoms with Gasteiger partial charge in [0.15, 0.2) is 0 Å². The molecule has 6 heteroatoms. The van der Waals surface area contributed by atoms with Crippen LogP contribution in [0.15, 0.2) is 35.7 Å². The van der Waals surface area contributed by atoms with E-state index in [9.17, 15) is 0 Å². The number of hydrogen-bond donors (Lipinski definition) is 3. The van der Waals surface area contributed by atoms with Crippen molar-refractivity contribution < 1.29 is 0 Å². The number of anilines is 3. The average Bonchev–Trinajstić information content (AvgIpc) is 2.85. The summed E-state index contributed by atoms with van der Waals surface area (Å²) in [5, 5.41) is 6.56. The van der Waals surface area contributed by atoms with Crippen LogP contribution in [0.1, 0.15) is 5.82 Å². The number of benzene rings is 1. The van der Waals surface area contributed by atoms with Gasteiger partial charge in [-0.2, -0.15) is 0 Å². The zero-order valence-corrected chi connectivity index (χ0v) is 11.2. The highest BCUT2D eigenvalue weighted by Gasteiger charge is 2.02. The van der Waals surface area contributed by atoms with Gasteiger partial charge in [-0.05, 0) is 42.0 Å². The third-order valence-electron chi connectivity index (χ3n) is 2.71. The number of thiophene rings is 1. The van der Waals surface area contributed by atoms with Crippen molar-refractivity contribution in [3.8, 4) is 0 Å². The van der Waals surface area contributed by atoms with Crippen molar-refractivity contribution in [1.82, 2.24) is 9.97 Å². The molecule has 96 valence electrons. The van der Waals surface area contributed by atoms with Gasteiger partial charge in [0.1, 0.15) is 17.5 Å². The third-order valence-corrected chi connectivity index (χ3v) is 3.61. The normalized spacial score (nSPS) is 10.6. The molecule has 0 radical (unpaired) electrons. The predicted octanol–water partition coefficient (Wildman–Crippen LogP) is 3.03. The largest absolute Gasteiger partial charge is 0.340 e. The van der Waals surface area contributed by atoms with Gasteiger partial charge in [-0.1, -0.05) is 0 Å². The first-order chi connectivity index (χ1) is 9.24. The fraction of sp³-hybridized carbons (Fsp3) is 0.0769. The lowest BCUT2D eigenvalue weighted by atomic mass is 10.2. The zero-order valence-electron chi connectivity index (χ0n) is 10.3. The van der Waals surface area contributed by atoms with Crippen LogP contribution in [0.2, 0.25) is 0 Å². The Hall–Kier alpha value is -2.18. The summed E-state index contributed by atoms with van der Waals surface area (Å²) in [6.07, 6.45) is 0.